The minimum atomic E-state index is 0.467. The third-order valence-electron chi connectivity index (χ3n) is 2.02. The number of hydrogen-bond donors (Lipinski definition) is 1. The second-order valence-corrected chi connectivity index (χ2v) is 4.64. The van der Waals surface area contributed by atoms with Gasteiger partial charge in [0.2, 0.25) is 0 Å². The normalized spacial score (nSPS) is 10.8. The van der Waals surface area contributed by atoms with E-state index < -0.39 is 0 Å². The maximum atomic E-state index is 5.54. The summed E-state index contributed by atoms with van der Waals surface area (Å²) in [6.07, 6.45) is 0. The molecule has 0 atom stereocenters. The first-order valence-corrected chi connectivity index (χ1v) is 5.74. The molecule has 0 saturated carbocycles. The molecule has 72 valence electrons. The summed E-state index contributed by atoms with van der Waals surface area (Å²) in [7, 11) is 0. The van der Waals surface area contributed by atoms with Crippen LogP contribution in [-0.2, 0) is 6.54 Å². The maximum Gasteiger partial charge on any atom is 0.0859 e. The van der Waals surface area contributed by atoms with Crippen molar-refractivity contribution < 1.29 is 0 Å². The molecule has 2 aromatic rings. The van der Waals surface area contributed by atoms with Crippen molar-refractivity contribution in [1.82, 2.24) is 4.98 Å². The Kier molecular flexibility index (Phi) is 2.85. The van der Waals surface area contributed by atoms with Gasteiger partial charge in [0.15, 0.2) is 0 Å². The Labute approximate surface area is 98.8 Å². The Balaban J connectivity index is 2.80. The summed E-state index contributed by atoms with van der Waals surface area (Å²) in [6.45, 7) is 0.467. The fourth-order valence-corrected chi connectivity index (χ4v) is 2.19. The second-order valence-electron chi connectivity index (χ2n) is 2.93. The van der Waals surface area contributed by atoms with E-state index in [1.165, 1.54) is 0 Å². The average molecular weight is 316 g/mol. The van der Waals surface area contributed by atoms with Crippen LogP contribution in [0.25, 0.3) is 10.9 Å². The summed E-state index contributed by atoms with van der Waals surface area (Å²) in [5.74, 6) is 0. The number of pyridine rings is 1. The van der Waals surface area contributed by atoms with E-state index in [1.807, 2.05) is 24.3 Å². The zero-order valence-electron chi connectivity index (χ0n) is 7.30. The highest BCUT2D eigenvalue weighted by Gasteiger charge is 2.04. The van der Waals surface area contributed by atoms with Crippen LogP contribution < -0.4 is 5.73 Å². The number of nitrogens with zero attached hydrogens (tertiary/aromatic N) is 1. The Bertz CT molecular complexity index is 483. The molecule has 0 fully saturated rings. The van der Waals surface area contributed by atoms with Crippen molar-refractivity contribution in [3.63, 3.8) is 0 Å². The minimum Gasteiger partial charge on any atom is -0.325 e. The molecule has 0 bridgehead atoms. The molecule has 2 nitrogen and oxygen atoms in total. The van der Waals surface area contributed by atoms with Gasteiger partial charge in [-0.05, 0) is 40.2 Å². The summed E-state index contributed by atoms with van der Waals surface area (Å²) < 4.78 is 2.04. The summed E-state index contributed by atoms with van der Waals surface area (Å²) >= 11 is 6.96. The first-order chi connectivity index (χ1) is 6.72. The van der Waals surface area contributed by atoms with Crippen LogP contribution in [0.1, 0.15) is 5.69 Å². The summed E-state index contributed by atoms with van der Waals surface area (Å²) in [6, 6.07) is 7.94. The van der Waals surface area contributed by atoms with Crippen LogP contribution in [-0.4, -0.2) is 4.98 Å². The molecule has 0 aliphatic rings. The van der Waals surface area contributed by atoms with Crippen LogP contribution in [0.3, 0.4) is 0 Å². The summed E-state index contributed by atoms with van der Waals surface area (Å²) in [4.78, 5) is 4.45. The smallest absolute Gasteiger partial charge is 0.0859 e. The van der Waals surface area contributed by atoms with Crippen molar-refractivity contribution in [3.05, 3.63) is 38.9 Å². The van der Waals surface area contributed by atoms with E-state index in [-0.39, 0.29) is 0 Å². The largest absolute Gasteiger partial charge is 0.325 e. The topological polar surface area (TPSA) is 38.9 Å². The molecule has 1 heterocycles. The lowest BCUT2D eigenvalue weighted by molar-refractivity contribution is 1.01. The highest BCUT2D eigenvalue weighted by Crippen LogP contribution is 2.28. The lowest BCUT2D eigenvalue weighted by Crippen LogP contribution is -1.99. The fourth-order valence-electron chi connectivity index (χ4n) is 1.30. The van der Waals surface area contributed by atoms with Crippen LogP contribution in [0.5, 0.6) is 0 Å². The Morgan fingerprint density at radius 1 is 1.07 bits per heavy atom. The third kappa shape index (κ3) is 1.69. The number of halogens is 2. The van der Waals surface area contributed by atoms with Crippen molar-refractivity contribution in [2.24, 2.45) is 5.73 Å². The van der Waals surface area contributed by atoms with Crippen LogP contribution in [0.2, 0.25) is 0 Å². The highest BCUT2D eigenvalue weighted by atomic mass is 79.9. The quantitative estimate of drug-likeness (QED) is 0.877. The number of fused-ring (bicyclic) bond motifs is 1. The molecule has 0 aliphatic heterocycles. The molecule has 0 spiro atoms. The first-order valence-electron chi connectivity index (χ1n) is 4.16. The number of hydrogen-bond acceptors (Lipinski definition) is 2. The SMILES string of the molecule is NCc1ccc2c(Br)ccc(Br)c2n1. The van der Waals surface area contributed by atoms with Crippen LogP contribution in [0.4, 0.5) is 0 Å². The Morgan fingerprint density at radius 2 is 1.79 bits per heavy atom. The van der Waals surface area contributed by atoms with Crippen molar-refractivity contribution >= 4 is 42.8 Å². The van der Waals surface area contributed by atoms with E-state index >= 15 is 0 Å². The molecule has 4 heteroatoms. The van der Waals surface area contributed by atoms with E-state index in [1.54, 1.807) is 0 Å². The van der Waals surface area contributed by atoms with Gasteiger partial charge in [-0.1, -0.05) is 15.9 Å². The molecule has 0 aliphatic carbocycles. The van der Waals surface area contributed by atoms with Gasteiger partial charge >= 0.3 is 0 Å². The van der Waals surface area contributed by atoms with E-state index in [2.05, 4.69) is 36.8 Å². The molecule has 14 heavy (non-hydrogen) atoms. The lowest BCUT2D eigenvalue weighted by atomic mass is 10.2. The summed E-state index contributed by atoms with van der Waals surface area (Å²) in [5.41, 5.74) is 7.39. The lowest BCUT2D eigenvalue weighted by Gasteiger charge is -2.04. The maximum absolute atomic E-state index is 5.54. The average Bonchev–Trinajstić information content (AvgIpc) is 2.23. The van der Waals surface area contributed by atoms with Gasteiger partial charge in [0.05, 0.1) is 11.2 Å². The molecule has 1 aromatic carbocycles. The van der Waals surface area contributed by atoms with E-state index in [0.717, 1.165) is 25.5 Å². The van der Waals surface area contributed by atoms with E-state index in [9.17, 15) is 0 Å². The third-order valence-corrected chi connectivity index (χ3v) is 3.35. The fraction of sp³-hybridized carbons (Fsp3) is 0.100. The molecule has 1 aromatic heterocycles. The zero-order chi connectivity index (χ0) is 10.1. The van der Waals surface area contributed by atoms with Gasteiger partial charge in [0.1, 0.15) is 0 Å². The van der Waals surface area contributed by atoms with Gasteiger partial charge < -0.3 is 5.73 Å². The number of nitrogens with two attached hydrogens (primary N) is 1. The number of aromatic nitrogens is 1. The van der Waals surface area contributed by atoms with Crippen LogP contribution in [0, 0.1) is 0 Å². The van der Waals surface area contributed by atoms with Crippen molar-refractivity contribution in [1.29, 1.82) is 0 Å². The molecule has 2 N–H and O–H groups in total. The van der Waals surface area contributed by atoms with Crippen molar-refractivity contribution in [2.75, 3.05) is 0 Å². The van der Waals surface area contributed by atoms with Crippen LogP contribution >= 0.6 is 31.9 Å². The van der Waals surface area contributed by atoms with Gasteiger partial charge in [-0.3, -0.25) is 4.98 Å². The number of benzene rings is 1. The molecule has 0 radical (unpaired) electrons. The zero-order valence-corrected chi connectivity index (χ0v) is 10.5. The van der Waals surface area contributed by atoms with E-state index in [4.69, 9.17) is 5.73 Å². The summed E-state index contributed by atoms with van der Waals surface area (Å²) in [5, 5.41) is 1.09. The van der Waals surface area contributed by atoms with Crippen molar-refractivity contribution in [2.45, 2.75) is 6.54 Å². The van der Waals surface area contributed by atoms with Gasteiger partial charge in [-0.15, -0.1) is 0 Å². The van der Waals surface area contributed by atoms with Crippen LogP contribution in [0.15, 0.2) is 33.2 Å². The predicted octanol–water partition coefficient (Wildman–Crippen LogP) is 3.22. The molecular weight excluding hydrogens is 308 g/mol. The van der Waals surface area contributed by atoms with Gasteiger partial charge in [0.25, 0.3) is 0 Å². The second kappa shape index (κ2) is 3.96. The highest BCUT2D eigenvalue weighted by molar-refractivity contribution is 9.11. The Morgan fingerprint density at radius 3 is 2.50 bits per heavy atom. The standard InChI is InChI=1S/C10H8Br2N2/c11-8-3-4-9(12)10-7(8)2-1-6(5-13)14-10/h1-4H,5,13H2. The molecule has 2 rings (SSSR count). The molecule has 0 saturated heterocycles. The van der Waals surface area contributed by atoms with E-state index in [0.29, 0.717) is 6.54 Å². The van der Waals surface area contributed by atoms with Gasteiger partial charge in [-0.2, -0.15) is 0 Å². The molecular formula is C10H8Br2N2. The van der Waals surface area contributed by atoms with Gasteiger partial charge in [-0.25, -0.2) is 0 Å². The Hall–Kier alpha value is -0.450. The number of rotatable bonds is 1. The van der Waals surface area contributed by atoms with Gasteiger partial charge in [0, 0.05) is 20.9 Å². The van der Waals surface area contributed by atoms with Crippen molar-refractivity contribution in [3.8, 4) is 0 Å². The minimum absolute atomic E-state index is 0.467. The molecule has 0 unspecified atom stereocenters. The molecule has 0 amide bonds. The monoisotopic (exact) mass is 314 g/mol. The first kappa shape index (κ1) is 10.1. The predicted molar refractivity (Wildman–Crippen MR) is 65.0 cm³/mol.